The molecule has 0 aliphatic carbocycles. The summed E-state index contributed by atoms with van der Waals surface area (Å²) in [5.41, 5.74) is 2.91. The van der Waals surface area contributed by atoms with Gasteiger partial charge >= 0.3 is 0 Å². The summed E-state index contributed by atoms with van der Waals surface area (Å²) in [5.74, 6) is -0.913. The summed E-state index contributed by atoms with van der Waals surface area (Å²) in [6, 6.07) is 7.23. The molecule has 0 unspecified atom stereocenters. The molecule has 0 aliphatic heterocycles. The number of nitrogens with one attached hydrogen (secondary N) is 1. The normalized spacial score (nSPS) is 10.8. The van der Waals surface area contributed by atoms with Gasteiger partial charge in [-0.2, -0.15) is 10.1 Å². The molecule has 0 atom stereocenters. The Morgan fingerprint density at radius 3 is 2.35 bits per heavy atom. The molecular formula is C16H15F2N5. The second kappa shape index (κ2) is 5.75. The van der Waals surface area contributed by atoms with E-state index in [-0.39, 0.29) is 0 Å². The Morgan fingerprint density at radius 1 is 0.913 bits per heavy atom. The lowest BCUT2D eigenvalue weighted by atomic mass is 10.3. The van der Waals surface area contributed by atoms with Crippen molar-refractivity contribution in [3.8, 4) is 5.95 Å². The van der Waals surface area contributed by atoms with Crippen molar-refractivity contribution in [2.45, 2.75) is 20.8 Å². The third-order valence-corrected chi connectivity index (χ3v) is 3.23. The number of anilines is 2. The molecule has 0 aliphatic rings. The predicted octanol–water partition coefficient (Wildman–Crippen LogP) is 3.61. The van der Waals surface area contributed by atoms with Crippen LogP contribution in [0.3, 0.4) is 0 Å². The number of aromatic nitrogens is 4. The highest BCUT2D eigenvalue weighted by atomic mass is 19.2. The van der Waals surface area contributed by atoms with Crippen molar-refractivity contribution in [3.63, 3.8) is 0 Å². The number of rotatable bonds is 3. The van der Waals surface area contributed by atoms with Crippen LogP contribution in [0, 0.1) is 32.4 Å². The number of halogens is 2. The molecule has 0 fully saturated rings. The van der Waals surface area contributed by atoms with E-state index in [0.29, 0.717) is 17.5 Å². The number of hydrogen-bond acceptors (Lipinski definition) is 4. The van der Waals surface area contributed by atoms with Crippen LogP contribution in [0.15, 0.2) is 30.3 Å². The number of hydrogen-bond donors (Lipinski definition) is 1. The van der Waals surface area contributed by atoms with E-state index >= 15 is 0 Å². The number of aryl methyl sites for hydroxylation is 3. The minimum absolute atomic E-state index is 0.404. The molecule has 3 rings (SSSR count). The first-order valence-corrected chi connectivity index (χ1v) is 7.04. The highest BCUT2D eigenvalue weighted by molar-refractivity contribution is 5.56. The fourth-order valence-corrected chi connectivity index (χ4v) is 2.26. The molecule has 0 spiro atoms. The SMILES string of the molecule is Cc1cc(Nc2ccc(F)c(F)c2)nc(-n2nc(C)cc2C)n1. The monoisotopic (exact) mass is 315 g/mol. The van der Waals surface area contributed by atoms with Crippen LogP contribution in [-0.2, 0) is 0 Å². The van der Waals surface area contributed by atoms with Gasteiger partial charge < -0.3 is 5.32 Å². The Balaban J connectivity index is 1.97. The fraction of sp³-hybridized carbons (Fsp3) is 0.188. The highest BCUT2D eigenvalue weighted by Gasteiger charge is 2.10. The lowest BCUT2D eigenvalue weighted by molar-refractivity contribution is 0.509. The molecule has 2 heterocycles. The van der Waals surface area contributed by atoms with Gasteiger partial charge in [0.15, 0.2) is 11.6 Å². The Bertz CT molecular complexity index is 873. The van der Waals surface area contributed by atoms with E-state index in [0.717, 1.165) is 29.2 Å². The molecule has 118 valence electrons. The van der Waals surface area contributed by atoms with Crippen molar-refractivity contribution in [1.82, 2.24) is 19.7 Å². The van der Waals surface area contributed by atoms with E-state index in [2.05, 4.69) is 20.4 Å². The summed E-state index contributed by atoms with van der Waals surface area (Å²) in [6.45, 7) is 5.63. The fourth-order valence-electron chi connectivity index (χ4n) is 2.26. The third-order valence-electron chi connectivity index (χ3n) is 3.23. The molecule has 0 radical (unpaired) electrons. The van der Waals surface area contributed by atoms with Gasteiger partial charge in [-0.3, -0.25) is 0 Å². The van der Waals surface area contributed by atoms with E-state index in [9.17, 15) is 8.78 Å². The van der Waals surface area contributed by atoms with Gasteiger partial charge in [-0.25, -0.2) is 18.4 Å². The zero-order valence-corrected chi connectivity index (χ0v) is 12.9. The van der Waals surface area contributed by atoms with Crippen LogP contribution in [0.2, 0.25) is 0 Å². The smallest absolute Gasteiger partial charge is 0.252 e. The number of nitrogens with zero attached hydrogens (tertiary/aromatic N) is 4. The predicted molar refractivity (Wildman–Crippen MR) is 83.0 cm³/mol. The highest BCUT2D eigenvalue weighted by Crippen LogP contribution is 2.19. The molecule has 2 aromatic heterocycles. The van der Waals surface area contributed by atoms with Crippen LogP contribution in [0.1, 0.15) is 17.1 Å². The average Bonchev–Trinajstić information content (AvgIpc) is 2.81. The minimum Gasteiger partial charge on any atom is -0.340 e. The van der Waals surface area contributed by atoms with Gasteiger partial charge in [0, 0.05) is 29.2 Å². The topological polar surface area (TPSA) is 55.6 Å². The lowest BCUT2D eigenvalue weighted by Gasteiger charge is -2.09. The standard InChI is InChI=1S/C16H15F2N5/c1-9-7-15(20-12-4-5-13(17)14(18)8-12)21-16(19-9)23-11(3)6-10(2)22-23/h4-8H,1-3H3,(H,19,20,21). The summed E-state index contributed by atoms with van der Waals surface area (Å²) in [7, 11) is 0. The molecule has 0 saturated carbocycles. The first kappa shape index (κ1) is 15.1. The van der Waals surface area contributed by atoms with Gasteiger partial charge in [-0.05, 0) is 39.0 Å². The van der Waals surface area contributed by atoms with Crippen molar-refractivity contribution in [2.24, 2.45) is 0 Å². The zero-order chi connectivity index (χ0) is 16.6. The van der Waals surface area contributed by atoms with Gasteiger partial charge in [0.2, 0.25) is 0 Å². The van der Waals surface area contributed by atoms with Gasteiger partial charge in [0.05, 0.1) is 5.69 Å². The van der Waals surface area contributed by atoms with E-state index < -0.39 is 11.6 Å². The van der Waals surface area contributed by atoms with Gasteiger partial charge in [-0.15, -0.1) is 0 Å². The van der Waals surface area contributed by atoms with Gasteiger partial charge in [0.1, 0.15) is 5.82 Å². The zero-order valence-electron chi connectivity index (χ0n) is 12.9. The van der Waals surface area contributed by atoms with E-state index in [4.69, 9.17) is 0 Å². The molecule has 23 heavy (non-hydrogen) atoms. The van der Waals surface area contributed by atoms with Crippen LogP contribution in [0.5, 0.6) is 0 Å². The van der Waals surface area contributed by atoms with E-state index in [1.54, 1.807) is 10.7 Å². The van der Waals surface area contributed by atoms with Crippen molar-refractivity contribution in [1.29, 1.82) is 0 Å². The van der Waals surface area contributed by atoms with Gasteiger partial charge in [-0.1, -0.05) is 0 Å². The Kier molecular flexibility index (Phi) is 3.77. The maximum absolute atomic E-state index is 13.3. The first-order valence-electron chi connectivity index (χ1n) is 7.04. The summed E-state index contributed by atoms with van der Waals surface area (Å²) in [5, 5.41) is 7.30. The van der Waals surface area contributed by atoms with Crippen LogP contribution in [0.25, 0.3) is 5.95 Å². The van der Waals surface area contributed by atoms with E-state index in [1.165, 1.54) is 6.07 Å². The molecule has 0 saturated heterocycles. The van der Waals surface area contributed by atoms with Crippen LogP contribution in [-0.4, -0.2) is 19.7 Å². The average molecular weight is 315 g/mol. The van der Waals surface area contributed by atoms with Crippen molar-refractivity contribution >= 4 is 11.5 Å². The third kappa shape index (κ3) is 3.18. The van der Waals surface area contributed by atoms with E-state index in [1.807, 2.05) is 26.8 Å². The Hall–Kier alpha value is -2.83. The van der Waals surface area contributed by atoms with Crippen LogP contribution < -0.4 is 5.32 Å². The maximum atomic E-state index is 13.3. The minimum atomic E-state index is -0.917. The van der Waals surface area contributed by atoms with Crippen LogP contribution in [0.4, 0.5) is 20.3 Å². The summed E-state index contributed by atoms with van der Waals surface area (Å²) < 4.78 is 27.9. The van der Waals surface area contributed by atoms with Crippen molar-refractivity contribution < 1.29 is 8.78 Å². The van der Waals surface area contributed by atoms with Crippen LogP contribution >= 0.6 is 0 Å². The Morgan fingerprint density at radius 2 is 1.70 bits per heavy atom. The number of benzene rings is 1. The molecule has 3 aromatic rings. The molecule has 7 heteroatoms. The maximum Gasteiger partial charge on any atom is 0.252 e. The van der Waals surface area contributed by atoms with Crippen molar-refractivity contribution in [3.05, 3.63) is 59.0 Å². The molecule has 0 amide bonds. The second-order valence-corrected chi connectivity index (χ2v) is 5.29. The summed E-state index contributed by atoms with van der Waals surface area (Å²) in [6.07, 6.45) is 0. The summed E-state index contributed by atoms with van der Waals surface area (Å²) in [4.78, 5) is 8.75. The molecule has 0 bridgehead atoms. The summed E-state index contributed by atoms with van der Waals surface area (Å²) >= 11 is 0. The largest absolute Gasteiger partial charge is 0.340 e. The molecule has 5 nitrogen and oxygen atoms in total. The first-order chi connectivity index (χ1) is 10.9. The quantitative estimate of drug-likeness (QED) is 0.802. The second-order valence-electron chi connectivity index (χ2n) is 5.29. The molecule has 1 aromatic carbocycles. The molecular weight excluding hydrogens is 300 g/mol. The molecule has 1 N–H and O–H groups in total. The van der Waals surface area contributed by atoms with Gasteiger partial charge in [0.25, 0.3) is 5.95 Å². The Labute approximate surface area is 132 Å². The van der Waals surface area contributed by atoms with Crippen molar-refractivity contribution in [2.75, 3.05) is 5.32 Å². The lowest BCUT2D eigenvalue weighted by Crippen LogP contribution is -2.08.